The maximum absolute atomic E-state index is 10.3. The van der Waals surface area contributed by atoms with E-state index in [4.69, 9.17) is 11.8 Å². The lowest BCUT2D eigenvalue weighted by molar-refractivity contribution is -0.119. The Labute approximate surface area is 54.3 Å². The molecule has 0 aliphatic heterocycles. The van der Waals surface area contributed by atoms with Crippen LogP contribution in [0.4, 0.5) is 0 Å². The van der Waals surface area contributed by atoms with E-state index in [9.17, 15) is 4.79 Å². The Balaban J connectivity index is 2.99. The molecule has 0 unspecified atom stereocenters. The molecule has 8 heavy (non-hydrogen) atoms. The molecule has 1 N–H and O–H groups in total. The first-order valence-electron chi connectivity index (χ1n) is 2.70. The van der Waals surface area contributed by atoms with Crippen molar-refractivity contribution >= 4 is 17.7 Å². The lowest BCUT2D eigenvalue weighted by Crippen LogP contribution is -2.10. The number of carbonyl (C=O) groups is 1. The van der Waals surface area contributed by atoms with E-state index in [1.807, 2.05) is 11.8 Å². The van der Waals surface area contributed by atoms with E-state index in [1.165, 1.54) is 0 Å². The molecule has 0 radical (unpaired) electrons. The second-order valence-electron chi connectivity index (χ2n) is 1.62. The van der Waals surface area contributed by atoms with Gasteiger partial charge in [-0.15, -0.1) is 0 Å². The van der Waals surface area contributed by atoms with Crippen LogP contribution in [0.2, 0.25) is 0 Å². The molecule has 0 aromatic heterocycles. The number of hydrogen-bond donors (Lipinski definition) is 1. The van der Waals surface area contributed by atoms with Gasteiger partial charge in [-0.1, -0.05) is 13.3 Å². The van der Waals surface area contributed by atoms with Gasteiger partial charge in [0.15, 0.2) is 0 Å². The van der Waals surface area contributed by atoms with Gasteiger partial charge in [0.05, 0.1) is 0 Å². The summed E-state index contributed by atoms with van der Waals surface area (Å²) in [4.78, 5) is 12.4. The largest absolute Gasteiger partial charge is 0.274 e. The number of nitrogens with one attached hydrogen (secondary N) is 1. The van der Waals surface area contributed by atoms with Gasteiger partial charge in [-0.2, -0.15) is 0 Å². The standard InChI is InChI=1S/C5H10ClNO/c1-2-3-4-5(8)7-6/h2-4H2,1H3,(H,7,8). The summed E-state index contributed by atoms with van der Waals surface area (Å²) in [7, 11) is 0. The minimum absolute atomic E-state index is 0.0893. The number of unbranched alkanes of at least 4 members (excludes halogenated alkanes) is 1. The summed E-state index contributed by atoms with van der Waals surface area (Å²) in [6.45, 7) is 2.03. The van der Waals surface area contributed by atoms with Gasteiger partial charge in [0.25, 0.3) is 0 Å². The van der Waals surface area contributed by atoms with Gasteiger partial charge < -0.3 is 0 Å². The van der Waals surface area contributed by atoms with Gasteiger partial charge in [-0.3, -0.25) is 9.63 Å². The number of hydrogen-bond acceptors (Lipinski definition) is 1. The van der Waals surface area contributed by atoms with E-state index in [2.05, 4.69) is 0 Å². The van der Waals surface area contributed by atoms with Crippen molar-refractivity contribution in [3.63, 3.8) is 0 Å². The van der Waals surface area contributed by atoms with Crippen molar-refractivity contribution in [3.05, 3.63) is 0 Å². The Kier molecular flexibility index (Phi) is 4.76. The Morgan fingerprint density at radius 3 is 2.75 bits per heavy atom. The lowest BCUT2D eigenvalue weighted by atomic mass is 10.2. The fourth-order valence-corrected chi connectivity index (χ4v) is 0.479. The van der Waals surface area contributed by atoms with E-state index in [-0.39, 0.29) is 5.91 Å². The number of halogens is 1. The average molecular weight is 136 g/mol. The van der Waals surface area contributed by atoms with E-state index < -0.39 is 0 Å². The van der Waals surface area contributed by atoms with Crippen LogP contribution >= 0.6 is 11.8 Å². The molecular weight excluding hydrogens is 126 g/mol. The summed E-state index contributed by atoms with van der Waals surface area (Å²) in [6.07, 6.45) is 2.49. The van der Waals surface area contributed by atoms with E-state index in [0.29, 0.717) is 6.42 Å². The summed E-state index contributed by atoms with van der Waals surface area (Å²) in [6, 6.07) is 0. The molecule has 0 aromatic carbocycles. The van der Waals surface area contributed by atoms with Crippen LogP contribution in [0.1, 0.15) is 26.2 Å². The normalized spacial score (nSPS) is 8.75. The molecule has 0 spiro atoms. The van der Waals surface area contributed by atoms with E-state index in [1.54, 1.807) is 0 Å². The van der Waals surface area contributed by atoms with Crippen molar-refractivity contribution in [2.45, 2.75) is 26.2 Å². The first-order valence-corrected chi connectivity index (χ1v) is 3.08. The third-order valence-corrected chi connectivity index (χ3v) is 1.07. The van der Waals surface area contributed by atoms with Gasteiger partial charge >= 0.3 is 0 Å². The van der Waals surface area contributed by atoms with Crippen molar-refractivity contribution < 1.29 is 4.79 Å². The van der Waals surface area contributed by atoms with Crippen molar-refractivity contribution in [1.29, 1.82) is 0 Å². The monoisotopic (exact) mass is 135 g/mol. The number of rotatable bonds is 3. The third-order valence-electron chi connectivity index (χ3n) is 0.863. The predicted octanol–water partition coefficient (Wildman–Crippen LogP) is 1.45. The van der Waals surface area contributed by atoms with Crippen LogP contribution in [0.5, 0.6) is 0 Å². The highest BCUT2D eigenvalue weighted by atomic mass is 35.5. The molecule has 1 amide bonds. The van der Waals surface area contributed by atoms with Gasteiger partial charge in [0.2, 0.25) is 5.91 Å². The minimum atomic E-state index is -0.0893. The third kappa shape index (κ3) is 3.93. The molecule has 0 saturated carbocycles. The lowest BCUT2D eigenvalue weighted by Gasteiger charge is -1.91. The molecule has 0 atom stereocenters. The van der Waals surface area contributed by atoms with Crippen LogP contribution in [0.3, 0.4) is 0 Å². The summed E-state index contributed by atoms with van der Waals surface area (Å²) in [5.41, 5.74) is 0. The molecule has 2 nitrogen and oxygen atoms in total. The predicted molar refractivity (Wildman–Crippen MR) is 33.5 cm³/mol. The average Bonchev–Trinajstić information content (AvgIpc) is 1.83. The highest BCUT2D eigenvalue weighted by molar-refractivity contribution is 6.21. The van der Waals surface area contributed by atoms with Gasteiger partial charge in [0.1, 0.15) is 0 Å². The van der Waals surface area contributed by atoms with Gasteiger partial charge in [-0.05, 0) is 6.42 Å². The van der Waals surface area contributed by atoms with Crippen LogP contribution in [0.15, 0.2) is 0 Å². The van der Waals surface area contributed by atoms with Gasteiger partial charge in [0, 0.05) is 18.2 Å². The Morgan fingerprint density at radius 1 is 1.75 bits per heavy atom. The zero-order valence-electron chi connectivity index (χ0n) is 4.91. The smallest absolute Gasteiger partial charge is 0.234 e. The Hall–Kier alpha value is -0.240. The van der Waals surface area contributed by atoms with E-state index >= 15 is 0 Å². The fraction of sp³-hybridized carbons (Fsp3) is 0.800. The minimum Gasteiger partial charge on any atom is -0.274 e. The van der Waals surface area contributed by atoms with E-state index in [0.717, 1.165) is 12.8 Å². The summed E-state index contributed by atoms with van der Waals surface area (Å²) in [5, 5.41) is 0. The molecule has 0 aliphatic carbocycles. The van der Waals surface area contributed by atoms with Gasteiger partial charge in [-0.25, -0.2) is 0 Å². The van der Waals surface area contributed by atoms with Crippen molar-refractivity contribution in [3.8, 4) is 0 Å². The maximum atomic E-state index is 10.3. The van der Waals surface area contributed by atoms with Crippen LogP contribution in [-0.4, -0.2) is 5.91 Å². The van der Waals surface area contributed by atoms with Crippen molar-refractivity contribution in [2.75, 3.05) is 0 Å². The summed E-state index contributed by atoms with van der Waals surface area (Å²) < 4.78 is 0. The molecule has 0 rings (SSSR count). The molecule has 0 saturated heterocycles. The quantitative estimate of drug-likeness (QED) is 0.583. The second kappa shape index (κ2) is 4.91. The summed E-state index contributed by atoms with van der Waals surface area (Å²) >= 11 is 4.99. The summed E-state index contributed by atoms with van der Waals surface area (Å²) in [5.74, 6) is -0.0893. The van der Waals surface area contributed by atoms with Crippen LogP contribution in [-0.2, 0) is 4.79 Å². The van der Waals surface area contributed by atoms with Crippen molar-refractivity contribution in [2.24, 2.45) is 0 Å². The zero-order chi connectivity index (χ0) is 6.41. The number of carbonyl (C=O) groups excluding carboxylic acids is 1. The molecule has 0 aromatic rings. The second-order valence-corrected chi connectivity index (χ2v) is 1.81. The molecule has 0 fully saturated rings. The molecule has 0 aliphatic rings. The first-order chi connectivity index (χ1) is 3.81. The molecule has 48 valence electrons. The molecule has 0 heterocycles. The molecular formula is C5H10ClNO. The zero-order valence-corrected chi connectivity index (χ0v) is 5.66. The Morgan fingerprint density at radius 2 is 2.38 bits per heavy atom. The molecule has 0 bridgehead atoms. The van der Waals surface area contributed by atoms with Crippen LogP contribution in [0.25, 0.3) is 0 Å². The van der Waals surface area contributed by atoms with Crippen LogP contribution in [0, 0.1) is 0 Å². The first kappa shape index (κ1) is 7.76. The highest BCUT2D eigenvalue weighted by Gasteiger charge is 1.94. The Bertz CT molecular complexity index is 74.8. The SMILES string of the molecule is CCCCC(=O)NCl. The highest BCUT2D eigenvalue weighted by Crippen LogP contribution is 1.92. The number of amides is 1. The van der Waals surface area contributed by atoms with Crippen LogP contribution < -0.4 is 4.84 Å². The maximum Gasteiger partial charge on any atom is 0.234 e. The topological polar surface area (TPSA) is 29.1 Å². The fourth-order valence-electron chi connectivity index (χ4n) is 0.385. The molecule has 3 heteroatoms. The van der Waals surface area contributed by atoms with Crippen molar-refractivity contribution in [1.82, 2.24) is 4.84 Å².